The van der Waals surface area contributed by atoms with Gasteiger partial charge in [-0.15, -0.1) is 10.2 Å². The van der Waals surface area contributed by atoms with E-state index >= 15 is 0 Å². The number of aryl methyl sites for hydroxylation is 2. The number of rotatable bonds is 5. The van der Waals surface area contributed by atoms with Crippen molar-refractivity contribution in [3.05, 3.63) is 46.4 Å². The zero-order chi connectivity index (χ0) is 16.2. The number of hydrogen-bond acceptors (Lipinski definition) is 6. The van der Waals surface area contributed by atoms with Crippen molar-refractivity contribution in [2.24, 2.45) is 0 Å². The second-order valence-corrected chi connectivity index (χ2v) is 6.42. The summed E-state index contributed by atoms with van der Waals surface area (Å²) >= 11 is 7.19. The van der Waals surface area contributed by atoms with E-state index in [4.69, 9.17) is 16.0 Å². The first kappa shape index (κ1) is 15.6. The number of anilines is 1. The number of carbonyl (C=O) groups excluding carboxylic acids is 1. The summed E-state index contributed by atoms with van der Waals surface area (Å²) in [6.45, 7) is 1.83. The lowest BCUT2D eigenvalue weighted by atomic mass is 10.2. The smallest absolute Gasteiger partial charge is 0.226 e. The number of nitrogens with one attached hydrogen (secondary N) is 1. The fourth-order valence-electron chi connectivity index (χ4n) is 1.92. The van der Waals surface area contributed by atoms with E-state index in [-0.39, 0.29) is 12.3 Å². The monoisotopic (exact) mass is 348 g/mol. The van der Waals surface area contributed by atoms with Crippen molar-refractivity contribution in [3.8, 4) is 11.3 Å². The van der Waals surface area contributed by atoms with Gasteiger partial charge in [0.15, 0.2) is 11.7 Å². The average molecular weight is 349 g/mol. The Balaban J connectivity index is 1.56. The lowest BCUT2D eigenvalue weighted by molar-refractivity contribution is -0.116. The van der Waals surface area contributed by atoms with E-state index in [2.05, 4.69) is 20.5 Å². The molecule has 0 fully saturated rings. The minimum atomic E-state index is -0.146. The molecule has 118 valence electrons. The van der Waals surface area contributed by atoms with Crippen molar-refractivity contribution in [2.75, 3.05) is 5.32 Å². The van der Waals surface area contributed by atoms with Crippen LogP contribution in [0.25, 0.3) is 11.3 Å². The van der Waals surface area contributed by atoms with Crippen LogP contribution in [0.5, 0.6) is 0 Å². The molecule has 3 rings (SSSR count). The number of benzene rings is 1. The Morgan fingerprint density at radius 2 is 2.09 bits per heavy atom. The van der Waals surface area contributed by atoms with Gasteiger partial charge in [-0.3, -0.25) is 4.79 Å². The second kappa shape index (κ2) is 6.89. The molecule has 0 saturated carbocycles. The SMILES string of the molecule is Cc1nnc(NC(=O)CCc2ncc(-c3ccc(Cl)cc3)o2)s1. The van der Waals surface area contributed by atoms with E-state index in [0.29, 0.717) is 28.2 Å². The molecular formula is C15H13ClN4O2S. The molecule has 8 heteroatoms. The van der Waals surface area contributed by atoms with Crippen LogP contribution < -0.4 is 5.32 Å². The summed E-state index contributed by atoms with van der Waals surface area (Å²) in [6.07, 6.45) is 2.32. The summed E-state index contributed by atoms with van der Waals surface area (Å²) in [6, 6.07) is 7.29. The molecule has 0 aliphatic heterocycles. The van der Waals surface area contributed by atoms with E-state index in [0.717, 1.165) is 10.6 Å². The predicted molar refractivity (Wildman–Crippen MR) is 88.5 cm³/mol. The van der Waals surface area contributed by atoms with Gasteiger partial charge in [-0.2, -0.15) is 0 Å². The number of halogens is 1. The molecule has 1 aromatic carbocycles. The molecule has 0 aliphatic carbocycles. The van der Waals surface area contributed by atoms with Crippen molar-refractivity contribution < 1.29 is 9.21 Å². The van der Waals surface area contributed by atoms with Gasteiger partial charge < -0.3 is 9.73 Å². The van der Waals surface area contributed by atoms with Crippen LogP contribution in [0.4, 0.5) is 5.13 Å². The van der Waals surface area contributed by atoms with Crippen molar-refractivity contribution >= 4 is 34.0 Å². The first-order valence-corrected chi connectivity index (χ1v) is 8.10. The van der Waals surface area contributed by atoms with Crippen LogP contribution in [0.1, 0.15) is 17.3 Å². The van der Waals surface area contributed by atoms with Gasteiger partial charge in [-0.05, 0) is 31.2 Å². The Hall–Kier alpha value is -2.25. The van der Waals surface area contributed by atoms with Crippen molar-refractivity contribution in [2.45, 2.75) is 19.8 Å². The quantitative estimate of drug-likeness (QED) is 0.759. The molecule has 0 unspecified atom stereocenters. The van der Waals surface area contributed by atoms with Crippen LogP contribution in [-0.4, -0.2) is 21.1 Å². The van der Waals surface area contributed by atoms with Gasteiger partial charge in [0.1, 0.15) is 5.01 Å². The van der Waals surface area contributed by atoms with E-state index < -0.39 is 0 Å². The minimum Gasteiger partial charge on any atom is -0.441 e. The molecule has 0 bridgehead atoms. The van der Waals surface area contributed by atoms with E-state index in [9.17, 15) is 4.79 Å². The van der Waals surface area contributed by atoms with Crippen molar-refractivity contribution in [1.82, 2.24) is 15.2 Å². The van der Waals surface area contributed by atoms with Crippen molar-refractivity contribution in [1.29, 1.82) is 0 Å². The maximum Gasteiger partial charge on any atom is 0.226 e. The van der Waals surface area contributed by atoms with Crippen LogP contribution in [0.3, 0.4) is 0 Å². The summed E-state index contributed by atoms with van der Waals surface area (Å²) in [5, 5.41) is 12.4. The third-order valence-electron chi connectivity index (χ3n) is 3.02. The molecule has 1 amide bonds. The van der Waals surface area contributed by atoms with Crippen LogP contribution in [0.2, 0.25) is 5.02 Å². The van der Waals surface area contributed by atoms with Crippen LogP contribution in [0.15, 0.2) is 34.9 Å². The fraction of sp³-hybridized carbons (Fsp3) is 0.200. The first-order chi connectivity index (χ1) is 11.1. The number of oxazole rings is 1. The largest absolute Gasteiger partial charge is 0.441 e. The molecule has 0 aliphatic rings. The highest BCUT2D eigenvalue weighted by Gasteiger charge is 2.10. The zero-order valence-corrected chi connectivity index (χ0v) is 13.8. The second-order valence-electron chi connectivity index (χ2n) is 4.80. The standard InChI is InChI=1S/C15H13ClN4O2S/c1-9-19-20-15(23-9)18-13(21)6-7-14-17-8-12(22-14)10-2-4-11(16)5-3-10/h2-5,8H,6-7H2,1H3,(H,18,20,21). The molecule has 23 heavy (non-hydrogen) atoms. The minimum absolute atomic E-state index is 0.146. The number of carbonyl (C=O) groups is 1. The molecule has 0 atom stereocenters. The number of nitrogens with zero attached hydrogens (tertiary/aromatic N) is 3. The molecule has 6 nitrogen and oxygen atoms in total. The Kier molecular flexibility index (Phi) is 4.68. The van der Waals surface area contributed by atoms with Crippen LogP contribution >= 0.6 is 22.9 Å². The summed E-state index contributed by atoms with van der Waals surface area (Å²) in [7, 11) is 0. The van der Waals surface area contributed by atoms with Gasteiger partial charge in [0.05, 0.1) is 6.20 Å². The molecular weight excluding hydrogens is 336 g/mol. The number of hydrogen-bond donors (Lipinski definition) is 1. The molecule has 1 N–H and O–H groups in total. The average Bonchev–Trinajstić information content (AvgIpc) is 3.15. The first-order valence-electron chi connectivity index (χ1n) is 6.91. The van der Waals surface area contributed by atoms with Gasteiger partial charge in [0, 0.05) is 23.4 Å². The normalized spacial score (nSPS) is 10.7. The van der Waals surface area contributed by atoms with E-state index in [1.807, 2.05) is 19.1 Å². The van der Waals surface area contributed by atoms with Gasteiger partial charge in [-0.25, -0.2) is 4.98 Å². The van der Waals surface area contributed by atoms with Crippen molar-refractivity contribution in [3.63, 3.8) is 0 Å². The highest BCUT2D eigenvalue weighted by atomic mass is 35.5. The summed E-state index contributed by atoms with van der Waals surface area (Å²) in [5.74, 6) is 1.02. The van der Waals surface area contributed by atoms with Gasteiger partial charge in [0.2, 0.25) is 11.0 Å². The third kappa shape index (κ3) is 4.14. The fourth-order valence-corrected chi connectivity index (χ4v) is 2.66. The number of amides is 1. The van der Waals surface area contributed by atoms with E-state index in [1.165, 1.54) is 11.3 Å². The molecule has 0 saturated heterocycles. The summed E-state index contributed by atoms with van der Waals surface area (Å²) in [4.78, 5) is 16.0. The van der Waals surface area contributed by atoms with Gasteiger partial charge in [-0.1, -0.05) is 22.9 Å². The highest BCUT2D eigenvalue weighted by Crippen LogP contribution is 2.22. The lowest BCUT2D eigenvalue weighted by Crippen LogP contribution is -2.12. The van der Waals surface area contributed by atoms with Gasteiger partial charge in [0.25, 0.3) is 0 Å². The Bertz CT molecular complexity index is 813. The molecule has 0 spiro atoms. The zero-order valence-electron chi connectivity index (χ0n) is 12.2. The van der Waals surface area contributed by atoms with Crippen LogP contribution in [-0.2, 0) is 11.2 Å². The maximum absolute atomic E-state index is 11.9. The molecule has 0 radical (unpaired) electrons. The molecule has 3 aromatic rings. The Labute approximate surface area is 141 Å². The lowest BCUT2D eigenvalue weighted by Gasteiger charge is -1.99. The van der Waals surface area contributed by atoms with Crippen LogP contribution in [0, 0.1) is 6.92 Å². The predicted octanol–water partition coefficient (Wildman–Crippen LogP) is 3.73. The van der Waals surface area contributed by atoms with Gasteiger partial charge >= 0.3 is 0 Å². The molecule has 2 heterocycles. The topological polar surface area (TPSA) is 80.9 Å². The summed E-state index contributed by atoms with van der Waals surface area (Å²) < 4.78 is 5.65. The summed E-state index contributed by atoms with van der Waals surface area (Å²) in [5.41, 5.74) is 0.891. The maximum atomic E-state index is 11.9. The molecule has 2 aromatic heterocycles. The Morgan fingerprint density at radius 3 is 2.78 bits per heavy atom. The van der Waals surface area contributed by atoms with E-state index in [1.54, 1.807) is 18.3 Å². The number of aromatic nitrogens is 3. The highest BCUT2D eigenvalue weighted by molar-refractivity contribution is 7.15. The Morgan fingerprint density at radius 1 is 1.30 bits per heavy atom. The third-order valence-corrected chi connectivity index (χ3v) is 4.03.